The van der Waals surface area contributed by atoms with Crippen molar-refractivity contribution < 1.29 is 14.9 Å². The van der Waals surface area contributed by atoms with Crippen molar-refractivity contribution in [2.75, 3.05) is 20.8 Å². The molecule has 4 fully saturated rings. The molecule has 35 heavy (non-hydrogen) atoms. The van der Waals surface area contributed by atoms with Gasteiger partial charge in [0, 0.05) is 44.6 Å². The van der Waals surface area contributed by atoms with E-state index in [1.807, 2.05) is 23.3 Å². The van der Waals surface area contributed by atoms with E-state index < -0.39 is 11.2 Å². The van der Waals surface area contributed by atoms with Crippen LogP contribution in [-0.4, -0.2) is 58.2 Å². The summed E-state index contributed by atoms with van der Waals surface area (Å²) in [6, 6.07) is 0. The lowest BCUT2D eigenvalue weighted by Crippen LogP contribution is -2.59. The van der Waals surface area contributed by atoms with Crippen LogP contribution in [0.1, 0.15) is 84.1 Å². The zero-order valence-corrected chi connectivity index (χ0v) is 22.5. The van der Waals surface area contributed by atoms with Gasteiger partial charge in [0.25, 0.3) is 0 Å². The van der Waals surface area contributed by atoms with Gasteiger partial charge in [-0.15, -0.1) is 0 Å². The highest BCUT2D eigenvalue weighted by molar-refractivity contribution is 5.78. The first kappa shape index (κ1) is 25.4. The molecule has 1 heterocycles. The predicted molar refractivity (Wildman–Crippen MR) is 138 cm³/mol. The fourth-order valence-electron chi connectivity index (χ4n) is 9.71. The van der Waals surface area contributed by atoms with E-state index in [2.05, 4.69) is 30.9 Å². The summed E-state index contributed by atoms with van der Waals surface area (Å²) < 4.78 is 7.37. The number of hydrogen-bond acceptors (Lipinski definition) is 5. The summed E-state index contributed by atoms with van der Waals surface area (Å²) in [4.78, 5) is 4.10. The molecular weight excluding hydrogens is 438 g/mol. The van der Waals surface area contributed by atoms with E-state index in [-0.39, 0.29) is 11.3 Å². The quantitative estimate of drug-likeness (QED) is 0.572. The second-order valence-corrected chi connectivity index (χ2v) is 13.2. The Balaban J connectivity index is 1.33. The molecule has 5 rings (SSSR count). The molecule has 6 nitrogen and oxygen atoms in total. The van der Waals surface area contributed by atoms with Crippen molar-refractivity contribution in [1.29, 1.82) is 0 Å². The maximum Gasteiger partial charge on any atom is 0.0883 e. The van der Waals surface area contributed by atoms with Crippen molar-refractivity contribution in [3.05, 3.63) is 18.0 Å². The van der Waals surface area contributed by atoms with Crippen LogP contribution in [0.2, 0.25) is 0 Å². The lowest BCUT2D eigenvalue weighted by Gasteiger charge is -2.63. The molecule has 4 saturated carbocycles. The number of methoxy groups -OCH3 is 1. The Morgan fingerprint density at radius 1 is 1.14 bits per heavy atom. The Labute approximate surface area is 211 Å². The molecule has 0 bridgehead atoms. The van der Waals surface area contributed by atoms with Gasteiger partial charge in [-0.2, -0.15) is 5.10 Å². The van der Waals surface area contributed by atoms with Crippen LogP contribution in [0.5, 0.6) is 0 Å². The minimum Gasteiger partial charge on any atom is -0.389 e. The molecule has 0 saturated heterocycles. The zero-order valence-electron chi connectivity index (χ0n) is 22.5. The van der Waals surface area contributed by atoms with Crippen LogP contribution >= 0.6 is 0 Å². The summed E-state index contributed by atoms with van der Waals surface area (Å²) in [7, 11) is 3.48. The van der Waals surface area contributed by atoms with Gasteiger partial charge in [-0.3, -0.25) is 9.67 Å². The maximum atomic E-state index is 12.3. The van der Waals surface area contributed by atoms with Gasteiger partial charge in [0.15, 0.2) is 0 Å². The number of ether oxygens (including phenoxy) is 1. The third kappa shape index (κ3) is 3.93. The molecule has 0 spiro atoms. The molecule has 6 heteroatoms. The molecular formula is C29H47N3O3. The van der Waals surface area contributed by atoms with E-state index in [4.69, 9.17) is 4.74 Å². The van der Waals surface area contributed by atoms with Gasteiger partial charge < -0.3 is 14.9 Å². The summed E-state index contributed by atoms with van der Waals surface area (Å²) in [5.41, 5.74) is -0.0202. The fraction of sp³-hybridized carbons (Fsp3) is 0.862. The van der Waals surface area contributed by atoms with Gasteiger partial charge in [-0.05, 0) is 92.3 Å². The van der Waals surface area contributed by atoms with E-state index in [0.717, 1.165) is 50.6 Å². The number of aromatic nitrogens is 2. The van der Waals surface area contributed by atoms with Crippen molar-refractivity contribution in [3.8, 4) is 0 Å². The molecule has 0 aliphatic heterocycles. The maximum absolute atomic E-state index is 12.3. The molecule has 4 aliphatic carbocycles. The Morgan fingerprint density at radius 3 is 2.66 bits per heavy atom. The number of aliphatic hydroxyl groups is 2. The molecule has 0 unspecified atom stereocenters. The number of fused-ring (bicyclic) bond motifs is 5. The molecule has 1 aromatic heterocycles. The third-order valence-electron chi connectivity index (χ3n) is 11.7. The summed E-state index contributed by atoms with van der Waals surface area (Å²) in [5, 5.41) is 27.9. The molecule has 2 N–H and O–H groups in total. The van der Waals surface area contributed by atoms with Crippen molar-refractivity contribution in [2.24, 2.45) is 45.4 Å². The number of hydrogen-bond donors (Lipinski definition) is 2. The van der Waals surface area contributed by atoms with E-state index in [1.165, 1.54) is 19.3 Å². The topological polar surface area (TPSA) is 79.9 Å². The molecule has 196 valence electrons. The highest BCUT2D eigenvalue weighted by Crippen LogP contribution is 2.69. The molecule has 9 atom stereocenters. The summed E-state index contributed by atoms with van der Waals surface area (Å²) in [6.45, 7) is 8.36. The van der Waals surface area contributed by atoms with Gasteiger partial charge in [0.1, 0.15) is 0 Å². The van der Waals surface area contributed by atoms with Gasteiger partial charge in [0.05, 0.1) is 24.0 Å². The van der Waals surface area contributed by atoms with Gasteiger partial charge in [-0.25, -0.2) is 0 Å². The second kappa shape index (κ2) is 8.95. The summed E-state index contributed by atoms with van der Waals surface area (Å²) >= 11 is 0. The van der Waals surface area contributed by atoms with Crippen LogP contribution in [0, 0.1) is 40.4 Å². The minimum atomic E-state index is -0.656. The average Bonchev–Trinajstić information content (AvgIpc) is 3.37. The molecule has 1 aromatic rings. The standard InChI is InChI=1S/C29H47N3O3/c1-20(17-32-18-21(15-30-4)16-31-32)29(34)11-9-25-23-7-6-22-14-28(33,19-35-5)13-12-26(22,2)24(23)8-10-27(25,29)3/h15-16,18,20,22-25,33-34H,6-14,17,19H2,1-5H3/t20-,22-,23-,24+,25+,26+,27+,28-,29+/m1/s1. The van der Waals surface area contributed by atoms with Crippen LogP contribution in [-0.2, 0) is 11.3 Å². The van der Waals surface area contributed by atoms with Gasteiger partial charge in [-0.1, -0.05) is 20.8 Å². The molecule has 0 amide bonds. The first-order valence-electron chi connectivity index (χ1n) is 14.0. The fourth-order valence-corrected chi connectivity index (χ4v) is 9.71. The number of aliphatic imine (C=N–C) groups is 1. The van der Waals surface area contributed by atoms with Gasteiger partial charge in [0.2, 0.25) is 0 Å². The van der Waals surface area contributed by atoms with Crippen molar-refractivity contribution in [1.82, 2.24) is 9.78 Å². The Kier molecular flexibility index (Phi) is 6.50. The highest BCUT2D eigenvalue weighted by Gasteiger charge is 2.66. The Morgan fingerprint density at radius 2 is 1.91 bits per heavy atom. The van der Waals surface area contributed by atoms with Crippen LogP contribution in [0.4, 0.5) is 0 Å². The first-order chi connectivity index (χ1) is 16.6. The van der Waals surface area contributed by atoms with Crippen LogP contribution in [0.3, 0.4) is 0 Å². The second-order valence-electron chi connectivity index (χ2n) is 13.2. The Bertz CT molecular complexity index is 947. The van der Waals surface area contributed by atoms with E-state index >= 15 is 0 Å². The largest absolute Gasteiger partial charge is 0.389 e. The highest BCUT2D eigenvalue weighted by atomic mass is 16.5. The van der Waals surface area contributed by atoms with E-state index in [9.17, 15) is 10.2 Å². The van der Waals surface area contributed by atoms with Crippen LogP contribution in [0.25, 0.3) is 0 Å². The number of nitrogens with zero attached hydrogens (tertiary/aromatic N) is 3. The molecule has 4 aliphatic rings. The third-order valence-corrected chi connectivity index (χ3v) is 11.7. The lowest BCUT2D eigenvalue weighted by atomic mass is 9.43. The van der Waals surface area contributed by atoms with Gasteiger partial charge >= 0.3 is 0 Å². The first-order valence-corrected chi connectivity index (χ1v) is 14.0. The Hall–Kier alpha value is -1.24. The number of rotatable bonds is 6. The average molecular weight is 486 g/mol. The van der Waals surface area contributed by atoms with Crippen molar-refractivity contribution in [2.45, 2.75) is 96.3 Å². The van der Waals surface area contributed by atoms with E-state index in [1.54, 1.807) is 14.2 Å². The minimum absolute atomic E-state index is 0.0386. The van der Waals surface area contributed by atoms with Crippen LogP contribution in [0.15, 0.2) is 17.4 Å². The molecule has 0 aromatic carbocycles. The monoisotopic (exact) mass is 485 g/mol. The summed E-state index contributed by atoms with van der Waals surface area (Å²) in [5.74, 6) is 2.73. The SMILES string of the molecule is CN=Cc1cnn(C[C@@H](C)[C@@]2(O)CC[C@H]3[C@@H]4CC[C@@H]5C[C@@](O)(COC)CC[C@]5(C)[C@H]4CC[C@@]32C)c1. The summed E-state index contributed by atoms with van der Waals surface area (Å²) in [6.07, 6.45) is 15.4. The van der Waals surface area contributed by atoms with Crippen LogP contribution < -0.4 is 0 Å². The smallest absolute Gasteiger partial charge is 0.0883 e. The zero-order chi connectivity index (χ0) is 25.1. The van der Waals surface area contributed by atoms with E-state index in [0.29, 0.717) is 35.7 Å². The lowest BCUT2D eigenvalue weighted by molar-refractivity contribution is -0.187. The molecule has 0 radical (unpaired) electrons. The van der Waals surface area contributed by atoms with Crippen molar-refractivity contribution in [3.63, 3.8) is 0 Å². The van der Waals surface area contributed by atoms with Crippen molar-refractivity contribution >= 4 is 6.21 Å². The normalized spacial score (nSPS) is 46.3. The predicted octanol–water partition coefficient (Wildman–Crippen LogP) is 4.72.